The van der Waals surface area contributed by atoms with Gasteiger partial charge in [-0.3, -0.25) is 4.79 Å². The number of carbonyl (C=O) groups is 2. The lowest BCUT2D eigenvalue weighted by atomic mass is 10.1. The summed E-state index contributed by atoms with van der Waals surface area (Å²) in [5.41, 5.74) is 10.1. The van der Waals surface area contributed by atoms with Crippen molar-refractivity contribution in [2.24, 2.45) is 0 Å². The van der Waals surface area contributed by atoms with Gasteiger partial charge in [0, 0.05) is 11.4 Å². The number of hydrogen-bond donors (Lipinski definition) is 2. The van der Waals surface area contributed by atoms with E-state index < -0.39 is 12.1 Å². The first-order chi connectivity index (χ1) is 11.3. The molecule has 1 amide bonds. The number of rotatable bonds is 4. The number of aryl methyl sites for hydroxylation is 3. The third kappa shape index (κ3) is 3.93. The molecule has 0 aliphatic carbocycles. The number of nitrogens with one attached hydrogen (secondary N) is 1. The predicted molar refractivity (Wildman–Crippen MR) is 95.0 cm³/mol. The lowest BCUT2D eigenvalue weighted by Crippen LogP contribution is -2.30. The van der Waals surface area contributed by atoms with Crippen molar-refractivity contribution in [1.29, 1.82) is 0 Å². The zero-order valence-corrected chi connectivity index (χ0v) is 14.3. The standard InChI is InChI=1S/C19H22N2O3/c1-11-8-9-16(13(3)10-11)21-18(22)14(4)24-19(23)15-7-5-6-12(2)17(15)20/h5-10,14H,20H2,1-4H3,(H,21,22)/t14-/m0/s1. The Labute approximate surface area is 141 Å². The van der Waals surface area contributed by atoms with Crippen LogP contribution >= 0.6 is 0 Å². The summed E-state index contributed by atoms with van der Waals surface area (Å²) >= 11 is 0. The Morgan fingerprint density at radius 2 is 1.79 bits per heavy atom. The zero-order chi connectivity index (χ0) is 17.9. The van der Waals surface area contributed by atoms with Crippen LogP contribution in [0, 0.1) is 20.8 Å². The number of carbonyl (C=O) groups excluding carboxylic acids is 2. The summed E-state index contributed by atoms with van der Waals surface area (Å²) in [4.78, 5) is 24.5. The summed E-state index contributed by atoms with van der Waals surface area (Å²) in [5.74, 6) is -0.999. The summed E-state index contributed by atoms with van der Waals surface area (Å²) in [7, 11) is 0. The SMILES string of the molecule is Cc1ccc(NC(=O)[C@H](C)OC(=O)c2cccc(C)c2N)c(C)c1. The number of esters is 1. The van der Waals surface area contributed by atoms with Gasteiger partial charge in [-0.2, -0.15) is 0 Å². The molecule has 5 heteroatoms. The van der Waals surface area contributed by atoms with Crippen molar-refractivity contribution in [2.45, 2.75) is 33.8 Å². The molecular formula is C19H22N2O3. The summed E-state index contributed by atoms with van der Waals surface area (Å²) in [6, 6.07) is 10.8. The maximum Gasteiger partial charge on any atom is 0.341 e. The van der Waals surface area contributed by atoms with Crippen molar-refractivity contribution in [3.63, 3.8) is 0 Å². The highest BCUT2D eigenvalue weighted by Gasteiger charge is 2.21. The molecule has 1 atom stereocenters. The van der Waals surface area contributed by atoms with Crippen LogP contribution in [0.2, 0.25) is 0 Å². The molecule has 126 valence electrons. The van der Waals surface area contributed by atoms with Crippen LogP contribution in [0.3, 0.4) is 0 Å². The molecule has 2 rings (SSSR count). The first-order valence-electron chi connectivity index (χ1n) is 7.73. The highest BCUT2D eigenvalue weighted by molar-refractivity contribution is 6.00. The van der Waals surface area contributed by atoms with E-state index in [1.54, 1.807) is 12.1 Å². The molecule has 0 aliphatic heterocycles. The molecule has 0 aliphatic rings. The highest BCUT2D eigenvalue weighted by Crippen LogP contribution is 2.19. The molecule has 0 saturated carbocycles. The summed E-state index contributed by atoms with van der Waals surface area (Å²) in [6.45, 7) is 7.23. The molecule has 0 aromatic heterocycles. The van der Waals surface area contributed by atoms with Gasteiger partial charge in [-0.05, 0) is 51.0 Å². The number of para-hydroxylation sites is 1. The highest BCUT2D eigenvalue weighted by atomic mass is 16.5. The fourth-order valence-electron chi connectivity index (χ4n) is 2.32. The van der Waals surface area contributed by atoms with Gasteiger partial charge in [0.25, 0.3) is 5.91 Å². The maximum atomic E-state index is 12.2. The minimum Gasteiger partial charge on any atom is -0.449 e. The average molecular weight is 326 g/mol. The summed E-state index contributed by atoms with van der Waals surface area (Å²) in [5, 5.41) is 2.77. The fraction of sp³-hybridized carbons (Fsp3) is 0.263. The summed E-state index contributed by atoms with van der Waals surface area (Å²) in [6.07, 6.45) is -0.932. The van der Waals surface area contributed by atoms with E-state index in [2.05, 4.69) is 5.32 Å². The van der Waals surface area contributed by atoms with Crippen LogP contribution in [0.25, 0.3) is 0 Å². The van der Waals surface area contributed by atoms with Crippen LogP contribution in [0.1, 0.15) is 34.0 Å². The van der Waals surface area contributed by atoms with E-state index in [1.807, 2.05) is 45.0 Å². The molecule has 0 radical (unpaired) electrons. The van der Waals surface area contributed by atoms with E-state index in [0.717, 1.165) is 16.7 Å². The molecule has 0 fully saturated rings. The zero-order valence-electron chi connectivity index (χ0n) is 14.3. The van der Waals surface area contributed by atoms with Gasteiger partial charge in [0.2, 0.25) is 0 Å². The third-order valence-corrected chi connectivity index (χ3v) is 3.84. The number of amides is 1. The van der Waals surface area contributed by atoms with Crippen LogP contribution in [0.4, 0.5) is 11.4 Å². The average Bonchev–Trinajstić information content (AvgIpc) is 2.52. The first-order valence-corrected chi connectivity index (χ1v) is 7.73. The minimum absolute atomic E-state index is 0.265. The van der Waals surface area contributed by atoms with Gasteiger partial charge in [0.1, 0.15) is 0 Å². The second-order valence-corrected chi connectivity index (χ2v) is 5.89. The second-order valence-electron chi connectivity index (χ2n) is 5.89. The van der Waals surface area contributed by atoms with E-state index in [1.165, 1.54) is 6.92 Å². The number of ether oxygens (including phenoxy) is 1. The van der Waals surface area contributed by atoms with Crippen molar-refractivity contribution in [2.75, 3.05) is 11.1 Å². The normalized spacial score (nSPS) is 11.7. The Kier molecular flexibility index (Phi) is 5.24. The Balaban J connectivity index is 2.06. The molecule has 24 heavy (non-hydrogen) atoms. The second kappa shape index (κ2) is 7.17. The monoisotopic (exact) mass is 326 g/mol. The molecule has 0 saturated heterocycles. The van der Waals surface area contributed by atoms with Gasteiger partial charge >= 0.3 is 5.97 Å². The third-order valence-electron chi connectivity index (χ3n) is 3.84. The van der Waals surface area contributed by atoms with E-state index in [4.69, 9.17) is 10.5 Å². The molecule has 3 N–H and O–H groups in total. The van der Waals surface area contributed by atoms with Crippen LogP contribution in [0.5, 0.6) is 0 Å². The minimum atomic E-state index is -0.932. The molecule has 2 aromatic rings. The van der Waals surface area contributed by atoms with Crippen LogP contribution < -0.4 is 11.1 Å². The molecule has 2 aromatic carbocycles. The lowest BCUT2D eigenvalue weighted by molar-refractivity contribution is -0.123. The Morgan fingerprint density at radius 3 is 2.46 bits per heavy atom. The van der Waals surface area contributed by atoms with E-state index >= 15 is 0 Å². The smallest absolute Gasteiger partial charge is 0.341 e. The fourth-order valence-corrected chi connectivity index (χ4v) is 2.32. The molecule has 0 unspecified atom stereocenters. The Hall–Kier alpha value is -2.82. The number of benzene rings is 2. The van der Waals surface area contributed by atoms with Crippen molar-refractivity contribution in [1.82, 2.24) is 0 Å². The van der Waals surface area contributed by atoms with Gasteiger partial charge in [-0.25, -0.2) is 4.79 Å². The topological polar surface area (TPSA) is 81.4 Å². The van der Waals surface area contributed by atoms with E-state index in [0.29, 0.717) is 11.4 Å². The first kappa shape index (κ1) is 17.5. The largest absolute Gasteiger partial charge is 0.449 e. The van der Waals surface area contributed by atoms with Gasteiger partial charge in [-0.15, -0.1) is 0 Å². The number of anilines is 2. The van der Waals surface area contributed by atoms with Crippen LogP contribution in [-0.4, -0.2) is 18.0 Å². The molecule has 0 bridgehead atoms. The van der Waals surface area contributed by atoms with Gasteiger partial charge < -0.3 is 15.8 Å². The van der Waals surface area contributed by atoms with Crippen molar-refractivity contribution < 1.29 is 14.3 Å². The van der Waals surface area contributed by atoms with Gasteiger partial charge in [-0.1, -0.05) is 29.8 Å². The van der Waals surface area contributed by atoms with Gasteiger partial charge in [0.05, 0.1) is 5.56 Å². The Morgan fingerprint density at radius 1 is 1.08 bits per heavy atom. The maximum absolute atomic E-state index is 12.2. The molecule has 5 nitrogen and oxygen atoms in total. The van der Waals surface area contributed by atoms with E-state index in [9.17, 15) is 9.59 Å². The van der Waals surface area contributed by atoms with Crippen molar-refractivity contribution >= 4 is 23.3 Å². The Bertz CT molecular complexity index is 784. The van der Waals surface area contributed by atoms with Crippen molar-refractivity contribution in [3.05, 3.63) is 58.7 Å². The van der Waals surface area contributed by atoms with Crippen LogP contribution in [-0.2, 0) is 9.53 Å². The summed E-state index contributed by atoms with van der Waals surface area (Å²) < 4.78 is 5.24. The molecule has 0 heterocycles. The van der Waals surface area contributed by atoms with Gasteiger partial charge in [0.15, 0.2) is 6.10 Å². The van der Waals surface area contributed by atoms with Crippen LogP contribution in [0.15, 0.2) is 36.4 Å². The number of nitrogens with two attached hydrogens (primary N) is 1. The predicted octanol–water partition coefficient (Wildman–Crippen LogP) is 3.38. The quantitative estimate of drug-likeness (QED) is 0.666. The molecule has 0 spiro atoms. The molecular weight excluding hydrogens is 304 g/mol. The number of hydrogen-bond acceptors (Lipinski definition) is 4. The van der Waals surface area contributed by atoms with E-state index in [-0.39, 0.29) is 11.5 Å². The number of nitrogen functional groups attached to an aromatic ring is 1. The van der Waals surface area contributed by atoms with Crippen molar-refractivity contribution in [3.8, 4) is 0 Å². The lowest BCUT2D eigenvalue weighted by Gasteiger charge is -2.16.